The number of fused-ring (bicyclic) bond motifs is 1. The Kier molecular flexibility index (Phi) is 6.30. The lowest BCUT2D eigenvalue weighted by atomic mass is 10.0. The van der Waals surface area contributed by atoms with Gasteiger partial charge < -0.3 is 20.1 Å². The molecule has 0 bridgehead atoms. The maximum Gasteiger partial charge on any atom is 0.261 e. The van der Waals surface area contributed by atoms with Gasteiger partial charge in [-0.2, -0.15) is 5.10 Å². The van der Waals surface area contributed by atoms with Gasteiger partial charge in [0.2, 0.25) is 5.91 Å². The Bertz CT molecular complexity index is 1110. The molecule has 9 nitrogen and oxygen atoms in total. The average molecular weight is 444 g/mol. The summed E-state index contributed by atoms with van der Waals surface area (Å²) < 4.78 is 8.62. The molecule has 1 aliphatic heterocycles. The normalized spacial score (nSPS) is 16.6. The third-order valence-corrected chi connectivity index (χ3v) is 6.41. The predicted octanol–water partition coefficient (Wildman–Crippen LogP) is 1.43. The molecular weight excluding hydrogens is 418 g/mol. The maximum absolute atomic E-state index is 12.9. The Balaban J connectivity index is 1.59. The summed E-state index contributed by atoms with van der Waals surface area (Å²) in [7, 11) is 0. The van der Waals surface area contributed by atoms with Crippen molar-refractivity contribution in [1.29, 1.82) is 0 Å². The fourth-order valence-electron chi connectivity index (χ4n) is 3.79. The molecule has 31 heavy (non-hydrogen) atoms. The van der Waals surface area contributed by atoms with Crippen molar-refractivity contribution in [3.8, 4) is 0 Å². The van der Waals surface area contributed by atoms with Crippen molar-refractivity contribution in [2.75, 3.05) is 32.8 Å². The summed E-state index contributed by atoms with van der Waals surface area (Å²) in [5.74, 6) is 1.02. The smallest absolute Gasteiger partial charge is 0.261 e. The Labute approximate surface area is 183 Å². The quantitative estimate of drug-likeness (QED) is 0.597. The first-order valence-corrected chi connectivity index (χ1v) is 11.0. The molecule has 1 aliphatic rings. The molecule has 4 rings (SSSR count). The van der Waals surface area contributed by atoms with E-state index < -0.39 is 6.10 Å². The summed E-state index contributed by atoms with van der Waals surface area (Å²) in [6, 6.07) is 7.79. The van der Waals surface area contributed by atoms with Crippen LogP contribution in [-0.4, -0.2) is 69.4 Å². The van der Waals surface area contributed by atoms with E-state index >= 15 is 0 Å². The van der Waals surface area contributed by atoms with Crippen molar-refractivity contribution in [3.05, 3.63) is 46.4 Å². The number of hydrogen-bond donors (Lipinski definition) is 2. The minimum Gasteiger partial charge on any atom is -0.395 e. The number of amides is 2. The topological polar surface area (TPSA) is 110 Å². The molecule has 1 fully saturated rings. The van der Waals surface area contributed by atoms with Crippen molar-refractivity contribution in [2.24, 2.45) is 0 Å². The van der Waals surface area contributed by atoms with Crippen LogP contribution in [0.1, 0.15) is 33.0 Å². The molecule has 0 saturated carbocycles. The average Bonchev–Trinajstić information content (AvgIpc) is 3.31. The summed E-state index contributed by atoms with van der Waals surface area (Å²) in [5.41, 5.74) is 0.793. The fourth-order valence-corrected chi connectivity index (χ4v) is 4.96. The van der Waals surface area contributed by atoms with E-state index in [0.29, 0.717) is 36.2 Å². The number of nitrogens with zero attached hydrogens (tertiary/aromatic N) is 4. The molecule has 3 heterocycles. The number of aliphatic hydroxyl groups excluding tert-OH is 1. The standard InChI is InChI=1S/C21H25N5O4S/c1-13-23-14(2)26(24-13)12-18(28)25-8-10-30-16(11-25)19-15-5-3-4-6-17(15)31-20(19)21(29)22-7-9-27/h3-6,16,27H,7-12H2,1-2H3,(H,22,29)/t16-/m1/s1. The number of thiophene rings is 1. The number of benzene rings is 1. The van der Waals surface area contributed by atoms with E-state index in [1.54, 1.807) is 16.5 Å². The second-order valence-electron chi connectivity index (χ2n) is 7.38. The first kappa shape index (κ1) is 21.4. The minimum atomic E-state index is -0.415. The molecule has 1 saturated heterocycles. The zero-order valence-electron chi connectivity index (χ0n) is 17.5. The van der Waals surface area contributed by atoms with Crippen LogP contribution in [0.4, 0.5) is 0 Å². The Morgan fingerprint density at radius 2 is 2.13 bits per heavy atom. The van der Waals surface area contributed by atoms with E-state index in [-0.39, 0.29) is 31.5 Å². The van der Waals surface area contributed by atoms with Crippen LogP contribution in [-0.2, 0) is 16.1 Å². The number of morpholine rings is 1. The summed E-state index contributed by atoms with van der Waals surface area (Å²) in [6.07, 6.45) is -0.415. The maximum atomic E-state index is 12.9. The molecule has 10 heteroatoms. The number of carbonyl (C=O) groups is 2. The lowest BCUT2D eigenvalue weighted by Crippen LogP contribution is -2.44. The highest BCUT2D eigenvalue weighted by molar-refractivity contribution is 7.21. The number of aromatic nitrogens is 3. The number of aryl methyl sites for hydroxylation is 2. The second kappa shape index (κ2) is 9.13. The van der Waals surface area contributed by atoms with Gasteiger partial charge in [0.25, 0.3) is 5.91 Å². The molecular formula is C21H25N5O4S. The molecule has 1 atom stereocenters. The highest BCUT2D eigenvalue weighted by Crippen LogP contribution is 2.38. The molecule has 3 aromatic rings. The van der Waals surface area contributed by atoms with Crippen LogP contribution in [0.5, 0.6) is 0 Å². The van der Waals surface area contributed by atoms with Crippen LogP contribution < -0.4 is 5.32 Å². The molecule has 2 aromatic heterocycles. The summed E-state index contributed by atoms with van der Waals surface area (Å²) >= 11 is 1.39. The molecule has 2 N–H and O–H groups in total. The fraction of sp³-hybridized carbons (Fsp3) is 0.429. The zero-order valence-corrected chi connectivity index (χ0v) is 18.3. The third-order valence-electron chi connectivity index (χ3n) is 5.23. The summed E-state index contributed by atoms with van der Waals surface area (Å²) in [5, 5.41) is 17.0. The van der Waals surface area contributed by atoms with Gasteiger partial charge in [-0.15, -0.1) is 11.3 Å². The van der Waals surface area contributed by atoms with Crippen LogP contribution in [0, 0.1) is 13.8 Å². The van der Waals surface area contributed by atoms with Crippen LogP contribution >= 0.6 is 11.3 Å². The number of nitrogens with one attached hydrogen (secondary N) is 1. The third kappa shape index (κ3) is 4.46. The molecule has 164 valence electrons. The number of carbonyl (C=O) groups excluding carboxylic acids is 2. The van der Waals surface area contributed by atoms with Gasteiger partial charge in [-0.05, 0) is 25.3 Å². The van der Waals surface area contributed by atoms with Gasteiger partial charge in [0.05, 0.1) is 24.6 Å². The van der Waals surface area contributed by atoms with E-state index in [1.165, 1.54) is 11.3 Å². The van der Waals surface area contributed by atoms with Gasteiger partial charge in [0, 0.05) is 23.4 Å². The molecule has 2 amide bonds. The van der Waals surface area contributed by atoms with Crippen LogP contribution in [0.15, 0.2) is 24.3 Å². The zero-order chi connectivity index (χ0) is 22.0. The number of hydrogen-bond acceptors (Lipinski definition) is 7. The van der Waals surface area contributed by atoms with Crippen molar-refractivity contribution in [2.45, 2.75) is 26.5 Å². The highest BCUT2D eigenvalue weighted by Gasteiger charge is 2.31. The molecule has 1 aromatic carbocycles. The van der Waals surface area contributed by atoms with Crippen LogP contribution in [0.3, 0.4) is 0 Å². The van der Waals surface area contributed by atoms with E-state index in [4.69, 9.17) is 9.84 Å². The van der Waals surface area contributed by atoms with Crippen molar-refractivity contribution in [3.63, 3.8) is 0 Å². The van der Waals surface area contributed by atoms with Crippen LogP contribution in [0.2, 0.25) is 0 Å². The van der Waals surface area contributed by atoms with Gasteiger partial charge in [-0.25, -0.2) is 9.67 Å². The lowest BCUT2D eigenvalue weighted by Gasteiger charge is -2.33. The largest absolute Gasteiger partial charge is 0.395 e. The van der Waals surface area contributed by atoms with E-state index in [2.05, 4.69) is 15.4 Å². The number of aliphatic hydroxyl groups is 1. The summed E-state index contributed by atoms with van der Waals surface area (Å²) in [4.78, 5) is 32.3. The van der Waals surface area contributed by atoms with Gasteiger partial charge in [-0.3, -0.25) is 9.59 Å². The van der Waals surface area contributed by atoms with Crippen molar-refractivity contribution in [1.82, 2.24) is 25.0 Å². The monoisotopic (exact) mass is 443 g/mol. The van der Waals surface area contributed by atoms with Crippen molar-refractivity contribution < 1.29 is 19.4 Å². The van der Waals surface area contributed by atoms with Crippen LogP contribution in [0.25, 0.3) is 10.1 Å². The number of ether oxygens (including phenoxy) is 1. The van der Waals surface area contributed by atoms with E-state index in [0.717, 1.165) is 15.6 Å². The van der Waals surface area contributed by atoms with E-state index in [1.807, 2.05) is 31.2 Å². The summed E-state index contributed by atoms with van der Waals surface area (Å²) in [6.45, 7) is 5.01. The van der Waals surface area contributed by atoms with Crippen molar-refractivity contribution >= 4 is 33.2 Å². The first-order chi connectivity index (χ1) is 15.0. The number of rotatable bonds is 6. The van der Waals surface area contributed by atoms with E-state index in [9.17, 15) is 9.59 Å². The minimum absolute atomic E-state index is 0.0629. The first-order valence-electron chi connectivity index (χ1n) is 10.2. The predicted molar refractivity (Wildman–Crippen MR) is 116 cm³/mol. The Hall–Kier alpha value is -2.82. The van der Waals surface area contributed by atoms with Gasteiger partial charge in [0.1, 0.15) is 24.3 Å². The Morgan fingerprint density at radius 1 is 1.32 bits per heavy atom. The van der Waals surface area contributed by atoms with Gasteiger partial charge in [0.15, 0.2) is 0 Å². The lowest BCUT2D eigenvalue weighted by molar-refractivity contribution is -0.139. The SMILES string of the molecule is Cc1nc(C)n(CC(=O)N2CCO[C@@H](c3c(C(=O)NCCO)sc4ccccc34)C2)n1. The second-order valence-corrected chi connectivity index (χ2v) is 8.44. The highest BCUT2D eigenvalue weighted by atomic mass is 32.1. The van der Waals surface area contributed by atoms with Gasteiger partial charge in [-0.1, -0.05) is 18.2 Å². The molecule has 0 spiro atoms. The van der Waals surface area contributed by atoms with Gasteiger partial charge >= 0.3 is 0 Å². The molecule has 0 radical (unpaired) electrons. The molecule has 0 unspecified atom stereocenters. The Morgan fingerprint density at radius 3 is 2.87 bits per heavy atom. The molecule has 0 aliphatic carbocycles.